The van der Waals surface area contributed by atoms with Crippen LogP contribution in [0.4, 0.5) is 22.7 Å². The molecule has 6 aliphatic rings. The maximum absolute atomic E-state index is 7.39. The van der Waals surface area contributed by atoms with Crippen LogP contribution in [0.1, 0.15) is 86.1 Å². The first kappa shape index (κ1) is 39.4. The molecule has 5 nitrogen and oxygen atoms in total. The van der Waals surface area contributed by atoms with Gasteiger partial charge in [0.25, 0.3) is 0 Å². The van der Waals surface area contributed by atoms with Crippen LogP contribution >= 0.6 is 0 Å². The Morgan fingerprint density at radius 1 is 0.463 bits per heavy atom. The van der Waals surface area contributed by atoms with Gasteiger partial charge < -0.3 is 0 Å². The van der Waals surface area contributed by atoms with Gasteiger partial charge in [-0.25, -0.2) is 0 Å². The van der Waals surface area contributed by atoms with E-state index in [1.807, 2.05) is 0 Å². The fourth-order valence-electron chi connectivity index (χ4n) is 12.0. The molecule has 0 saturated carbocycles. The number of para-hydroxylation sites is 2. The van der Waals surface area contributed by atoms with Crippen molar-refractivity contribution >= 4 is 31.0 Å². The van der Waals surface area contributed by atoms with E-state index >= 15 is 0 Å². The summed E-state index contributed by atoms with van der Waals surface area (Å²) in [5.41, 5.74) is 17.5. The Hall–Kier alpha value is -6.81. The van der Waals surface area contributed by atoms with E-state index in [9.17, 15) is 0 Å². The van der Waals surface area contributed by atoms with Gasteiger partial charge in [0.2, 0.25) is 0 Å². The fraction of sp³-hybridized carbons (Fsp3) is 0.180. The topological polar surface area (TPSA) is 22.2 Å². The molecule has 0 saturated heterocycles. The van der Waals surface area contributed by atoms with Crippen molar-refractivity contribution in [3.8, 4) is 33.8 Å². The predicted octanol–water partition coefficient (Wildman–Crippen LogP) is 13.1. The van der Waals surface area contributed by atoms with Crippen LogP contribution in [0.3, 0.4) is 0 Å². The molecule has 8 aromatic carbocycles. The van der Waals surface area contributed by atoms with Crippen molar-refractivity contribution in [3.05, 3.63) is 226 Å². The molecule has 0 fully saturated rings. The molecular formula is C61H48N4OPt-2. The number of anilines is 4. The molecule has 0 unspecified atom stereocenters. The SMILES string of the molecule is CC(C)(C)c1ccc2c(c1)N1CN3[C]4=[Pt]=[C]1N2C1(c2[c-]c(ccc2)Oc2[c-]c(ccc2C(C)(C)C)C2(c5ccccc5-c5ccccc52)N4c2ccccc23)c2ccccc2-c2ccccc21. The molecule has 67 heavy (non-hydrogen) atoms. The summed E-state index contributed by atoms with van der Waals surface area (Å²) >= 11 is -0.992. The molecule has 0 radical (unpaired) electrons. The average molecular weight is 1050 g/mol. The van der Waals surface area contributed by atoms with E-state index < -0.39 is 28.7 Å². The van der Waals surface area contributed by atoms with Gasteiger partial charge in [0.05, 0.1) is 0 Å². The van der Waals surface area contributed by atoms with Gasteiger partial charge in [-0.05, 0) is 0 Å². The second kappa shape index (κ2) is 13.4. The molecule has 6 heteroatoms. The van der Waals surface area contributed by atoms with Crippen LogP contribution in [-0.2, 0) is 39.5 Å². The summed E-state index contributed by atoms with van der Waals surface area (Å²) in [6.07, 6.45) is 0. The third-order valence-electron chi connectivity index (χ3n) is 15.0. The second-order valence-corrected chi connectivity index (χ2v) is 23.3. The molecule has 0 N–H and O–H groups in total. The summed E-state index contributed by atoms with van der Waals surface area (Å²) in [7, 11) is 0. The third-order valence-corrected chi connectivity index (χ3v) is 18.2. The molecule has 0 aromatic heterocycles. The Bertz CT molecular complexity index is 3460. The summed E-state index contributed by atoms with van der Waals surface area (Å²) in [6.45, 7) is 14.5. The molecule has 2 spiro atoms. The Kier molecular flexibility index (Phi) is 7.89. The summed E-state index contributed by atoms with van der Waals surface area (Å²) in [4.78, 5) is 10.8. The van der Waals surface area contributed by atoms with Crippen molar-refractivity contribution in [2.45, 2.75) is 63.5 Å². The van der Waals surface area contributed by atoms with E-state index in [4.69, 9.17) is 4.74 Å². The van der Waals surface area contributed by atoms with Gasteiger partial charge in [0, 0.05) is 0 Å². The first-order chi connectivity index (χ1) is 32.5. The van der Waals surface area contributed by atoms with Gasteiger partial charge in [-0.2, -0.15) is 0 Å². The van der Waals surface area contributed by atoms with Crippen molar-refractivity contribution in [2.75, 3.05) is 26.3 Å². The van der Waals surface area contributed by atoms with Crippen molar-refractivity contribution in [3.63, 3.8) is 0 Å². The Morgan fingerprint density at radius 2 is 0.955 bits per heavy atom. The minimum absolute atomic E-state index is 0.0490. The van der Waals surface area contributed by atoms with Crippen molar-refractivity contribution in [1.29, 1.82) is 0 Å². The third kappa shape index (κ3) is 5.03. The summed E-state index contributed by atoms with van der Waals surface area (Å²) in [5, 5.41) is 0. The van der Waals surface area contributed by atoms with Gasteiger partial charge in [-0.3, -0.25) is 0 Å². The van der Waals surface area contributed by atoms with Crippen LogP contribution < -0.4 is 24.3 Å². The van der Waals surface area contributed by atoms with E-state index in [1.54, 1.807) is 0 Å². The van der Waals surface area contributed by atoms with E-state index in [2.05, 4.69) is 243 Å². The number of ether oxygens (including phenoxy) is 1. The first-order valence-electron chi connectivity index (χ1n) is 23.4. The quantitative estimate of drug-likeness (QED) is 0.141. The number of nitrogens with zero attached hydrogens (tertiary/aromatic N) is 4. The molecule has 14 rings (SSSR count). The average Bonchev–Trinajstić information content (AvgIpc) is 4.02. The zero-order chi connectivity index (χ0) is 45.2. The number of rotatable bonds is 0. The molecule has 4 heterocycles. The number of hydrogen-bond donors (Lipinski definition) is 0. The Labute approximate surface area is 401 Å². The number of benzene rings is 8. The van der Waals surface area contributed by atoms with E-state index in [0.29, 0.717) is 12.4 Å². The maximum atomic E-state index is 7.39. The van der Waals surface area contributed by atoms with Gasteiger partial charge >= 0.3 is 403 Å². The molecule has 330 valence electrons. The molecule has 4 aliphatic heterocycles. The molecule has 0 amide bonds. The van der Waals surface area contributed by atoms with Crippen LogP contribution in [0.25, 0.3) is 22.3 Å². The van der Waals surface area contributed by atoms with Crippen LogP contribution in [0.2, 0.25) is 0 Å². The molecule has 0 atom stereocenters. The zero-order valence-corrected chi connectivity index (χ0v) is 40.7. The summed E-state index contributed by atoms with van der Waals surface area (Å²) in [5.74, 6) is 1.40. The van der Waals surface area contributed by atoms with Crippen LogP contribution in [0.5, 0.6) is 11.5 Å². The van der Waals surface area contributed by atoms with Crippen LogP contribution in [0, 0.1) is 12.1 Å². The first-order valence-corrected chi connectivity index (χ1v) is 25.6. The predicted molar refractivity (Wildman–Crippen MR) is 269 cm³/mol. The van der Waals surface area contributed by atoms with Crippen molar-refractivity contribution < 1.29 is 22.4 Å². The molecule has 8 aromatic rings. The van der Waals surface area contributed by atoms with Gasteiger partial charge in [-0.15, -0.1) is 0 Å². The van der Waals surface area contributed by atoms with E-state index in [0.717, 1.165) is 22.4 Å². The van der Waals surface area contributed by atoms with E-state index in [-0.39, 0.29) is 10.8 Å². The van der Waals surface area contributed by atoms with E-state index in [1.165, 1.54) is 81.1 Å². The number of fused-ring (bicyclic) bond motifs is 24. The monoisotopic (exact) mass is 1050 g/mol. The summed E-state index contributed by atoms with van der Waals surface area (Å²) in [6, 6.07) is 72.1. The molecule has 2 aliphatic carbocycles. The van der Waals surface area contributed by atoms with Gasteiger partial charge in [0.15, 0.2) is 0 Å². The van der Waals surface area contributed by atoms with Crippen LogP contribution in [-0.4, -0.2) is 15.0 Å². The second-order valence-electron chi connectivity index (χ2n) is 20.7. The Balaban J connectivity index is 1.20. The summed E-state index contributed by atoms with van der Waals surface area (Å²) < 4.78 is 10.1. The van der Waals surface area contributed by atoms with Crippen molar-refractivity contribution in [2.24, 2.45) is 0 Å². The number of hydrogen-bond acceptors (Lipinski definition) is 5. The zero-order valence-electron chi connectivity index (χ0n) is 38.4. The Morgan fingerprint density at radius 3 is 1.51 bits per heavy atom. The molecule has 6 bridgehead atoms. The normalized spacial score (nSPS) is 17.3. The minimum atomic E-state index is -0.992. The van der Waals surface area contributed by atoms with Crippen molar-refractivity contribution in [1.82, 2.24) is 0 Å². The van der Waals surface area contributed by atoms with Gasteiger partial charge in [-0.1, -0.05) is 0 Å². The standard InChI is InChI=1S/C61H48N4O.Pt/c1-58(2,3)40-31-33-55-56(35-40)63-37-62-38-64(54-29-16-15-28-53(54)62)61(50-26-13-9-22-46(50)47-23-10-14-27-51(47)61)42-30-32-52(59(4,5)6)57(36-42)66-43-19-17-18-41(34-43)60(65(55)39-63)48-24-11-7-20-44(48)45-21-8-12-25-49(45)60;/h7-33,35H,37H2,1-6H3;/q-2;. The van der Waals surface area contributed by atoms with Gasteiger partial charge in [0.1, 0.15) is 0 Å². The van der Waals surface area contributed by atoms with Crippen LogP contribution in [0.15, 0.2) is 170 Å². The molecular weight excluding hydrogens is 1000 g/mol. The fourth-order valence-corrected chi connectivity index (χ4v) is 15.8.